The molecule has 0 bridgehead atoms. The van der Waals surface area contributed by atoms with E-state index in [0.717, 1.165) is 17.7 Å². The quantitative estimate of drug-likeness (QED) is 0.590. The highest BCUT2D eigenvalue weighted by Gasteiger charge is 2.07. The van der Waals surface area contributed by atoms with Crippen LogP contribution in [0.25, 0.3) is 0 Å². The number of ketones is 1. The van der Waals surface area contributed by atoms with Gasteiger partial charge in [0, 0.05) is 24.7 Å². The first kappa shape index (κ1) is 11.6. The van der Waals surface area contributed by atoms with Crippen LogP contribution in [-0.2, 0) is 6.54 Å². The Morgan fingerprint density at radius 1 is 1.60 bits per heavy atom. The Bertz CT molecular complexity index is 372. The number of hydrogen-bond donors (Lipinski definition) is 1. The van der Waals surface area contributed by atoms with E-state index in [0.29, 0.717) is 18.5 Å². The Hall–Kier alpha value is -1.48. The molecule has 2 N–H and O–H groups in total. The zero-order chi connectivity index (χ0) is 11.3. The van der Waals surface area contributed by atoms with E-state index in [4.69, 9.17) is 5.73 Å². The van der Waals surface area contributed by atoms with Crippen molar-refractivity contribution >= 4 is 5.78 Å². The first-order valence-electron chi connectivity index (χ1n) is 5.02. The van der Waals surface area contributed by atoms with Gasteiger partial charge in [-0.05, 0) is 18.6 Å². The van der Waals surface area contributed by atoms with Crippen LogP contribution in [0.3, 0.4) is 0 Å². The third-order valence-electron chi connectivity index (χ3n) is 2.26. The number of aromatic nitrogens is 1. The summed E-state index contributed by atoms with van der Waals surface area (Å²) < 4.78 is 0. The van der Waals surface area contributed by atoms with Gasteiger partial charge < -0.3 is 5.73 Å². The summed E-state index contributed by atoms with van der Waals surface area (Å²) in [6, 6.07) is 3.45. The summed E-state index contributed by atoms with van der Waals surface area (Å²) in [5.74, 6) is 0.0824. The predicted octanol–water partition coefficient (Wildman–Crippen LogP) is 2.08. The van der Waals surface area contributed by atoms with Gasteiger partial charge in [-0.3, -0.25) is 9.78 Å². The standard InChI is InChI=1S/C12H16N2O/c1-3-9(2)6-12(15)10-4-5-14-11(7-10)8-13/h4-5,7H,2-3,6,8,13H2,1H3. The van der Waals surface area contributed by atoms with Crippen LogP contribution < -0.4 is 5.73 Å². The van der Waals surface area contributed by atoms with Crippen molar-refractivity contribution in [3.05, 3.63) is 41.7 Å². The predicted molar refractivity (Wildman–Crippen MR) is 60.5 cm³/mol. The molecule has 0 aliphatic heterocycles. The summed E-state index contributed by atoms with van der Waals surface area (Å²) in [5.41, 5.74) is 7.81. The Morgan fingerprint density at radius 2 is 2.33 bits per heavy atom. The molecule has 80 valence electrons. The van der Waals surface area contributed by atoms with Gasteiger partial charge in [0.05, 0.1) is 5.69 Å². The zero-order valence-electron chi connectivity index (χ0n) is 8.99. The third kappa shape index (κ3) is 3.29. The Labute approximate surface area is 90.0 Å². The highest BCUT2D eigenvalue weighted by molar-refractivity contribution is 5.97. The lowest BCUT2D eigenvalue weighted by Gasteiger charge is -2.03. The molecular formula is C12H16N2O. The van der Waals surface area contributed by atoms with Crippen molar-refractivity contribution < 1.29 is 4.79 Å². The number of carbonyl (C=O) groups is 1. The molecule has 0 unspecified atom stereocenters. The molecule has 3 nitrogen and oxygen atoms in total. The topological polar surface area (TPSA) is 56.0 Å². The molecule has 0 aliphatic rings. The van der Waals surface area contributed by atoms with Gasteiger partial charge in [-0.2, -0.15) is 0 Å². The smallest absolute Gasteiger partial charge is 0.167 e. The monoisotopic (exact) mass is 204 g/mol. The zero-order valence-corrected chi connectivity index (χ0v) is 8.99. The molecule has 0 saturated carbocycles. The number of hydrogen-bond acceptors (Lipinski definition) is 3. The summed E-state index contributed by atoms with van der Waals surface area (Å²) in [5, 5.41) is 0. The average molecular weight is 204 g/mol. The minimum Gasteiger partial charge on any atom is -0.325 e. The molecule has 0 atom stereocenters. The van der Waals surface area contributed by atoms with E-state index >= 15 is 0 Å². The first-order valence-corrected chi connectivity index (χ1v) is 5.02. The van der Waals surface area contributed by atoms with Gasteiger partial charge in [-0.1, -0.05) is 19.1 Å². The maximum absolute atomic E-state index is 11.8. The van der Waals surface area contributed by atoms with Gasteiger partial charge in [0.25, 0.3) is 0 Å². The van der Waals surface area contributed by atoms with E-state index < -0.39 is 0 Å². The van der Waals surface area contributed by atoms with E-state index in [1.807, 2.05) is 6.92 Å². The van der Waals surface area contributed by atoms with Crippen molar-refractivity contribution in [3.63, 3.8) is 0 Å². The minimum absolute atomic E-state index is 0.0824. The maximum Gasteiger partial charge on any atom is 0.167 e. The molecule has 15 heavy (non-hydrogen) atoms. The molecule has 1 heterocycles. The Balaban J connectivity index is 2.77. The van der Waals surface area contributed by atoms with Crippen molar-refractivity contribution in [2.75, 3.05) is 0 Å². The van der Waals surface area contributed by atoms with E-state index in [1.165, 1.54) is 0 Å². The molecule has 0 radical (unpaired) electrons. The number of carbonyl (C=O) groups excluding carboxylic acids is 1. The third-order valence-corrected chi connectivity index (χ3v) is 2.26. The Kier molecular flexibility index (Phi) is 4.18. The fourth-order valence-electron chi connectivity index (χ4n) is 1.22. The molecule has 0 aromatic carbocycles. The molecule has 3 heteroatoms. The van der Waals surface area contributed by atoms with Crippen molar-refractivity contribution in [3.8, 4) is 0 Å². The molecule has 0 saturated heterocycles. The molecule has 1 rings (SSSR count). The number of nitrogens with two attached hydrogens (primary N) is 1. The number of rotatable bonds is 5. The molecule has 0 aliphatic carbocycles. The van der Waals surface area contributed by atoms with Crippen molar-refractivity contribution in [2.24, 2.45) is 5.73 Å². The van der Waals surface area contributed by atoms with E-state index in [1.54, 1.807) is 18.3 Å². The van der Waals surface area contributed by atoms with Gasteiger partial charge >= 0.3 is 0 Å². The average Bonchev–Trinajstić information content (AvgIpc) is 2.28. The second-order valence-electron chi connectivity index (χ2n) is 3.44. The minimum atomic E-state index is 0.0824. The summed E-state index contributed by atoms with van der Waals surface area (Å²) in [6.45, 7) is 6.17. The van der Waals surface area contributed by atoms with Crippen LogP contribution in [0.2, 0.25) is 0 Å². The lowest BCUT2D eigenvalue weighted by molar-refractivity contribution is 0.0992. The molecule has 0 amide bonds. The van der Waals surface area contributed by atoms with Crippen LogP contribution in [-0.4, -0.2) is 10.8 Å². The van der Waals surface area contributed by atoms with Gasteiger partial charge in [0.1, 0.15) is 0 Å². The first-order chi connectivity index (χ1) is 7.17. The summed E-state index contributed by atoms with van der Waals surface area (Å²) >= 11 is 0. The fourth-order valence-corrected chi connectivity index (χ4v) is 1.22. The molecular weight excluding hydrogens is 188 g/mol. The van der Waals surface area contributed by atoms with Crippen LogP contribution in [0, 0.1) is 0 Å². The second kappa shape index (κ2) is 5.41. The fraction of sp³-hybridized carbons (Fsp3) is 0.333. The second-order valence-corrected chi connectivity index (χ2v) is 3.44. The summed E-state index contributed by atoms with van der Waals surface area (Å²) in [6.07, 6.45) is 2.86. The SMILES string of the molecule is C=C(CC)CC(=O)c1ccnc(CN)c1. The van der Waals surface area contributed by atoms with Crippen LogP contribution in [0.15, 0.2) is 30.5 Å². The van der Waals surface area contributed by atoms with Gasteiger partial charge in [0.2, 0.25) is 0 Å². The molecule has 0 spiro atoms. The number of nitrogens with zero attached hydrogens (tertiary/aromatic N) is 1. The summed E-state index contributed by atoms with van der Waals surface area (Å²) in [7, 11) is 0. The van der Waals surface area contributed by atoms with Gasteiger partial charge in [-0.25, -0.2) is 0 Å². The van der Waals surface area contributed by atoms with E-state index in [-0.39, 0.29) is 5.78 Å². The highest BCUT2D eigenvalue weighted by atomic mass is 16.1. The number of Topliss-reactive ketones (excluding diaryl/α,β-unsaturated/α-hetero) is 1. The Morgan fingerprint density at radius 3 is 2.93 bits per heavy atom. The molecule has 1 aromatic rings. The van der Waals surface area contributed by atoms with Crippen molar-refractivity contribution in [1.82, 2.24) is 4.98 Å². The molecule has 0 fully saturated rings. The normalized spacial score (nSPS) is 10.0. The maximum atomic E-state index is 11.8. The van der Waals surface area contributed by atoms with E-state index in [9.17, 15) is 4.79 Å². The van der Waals surface area contributed by atoms with Gasteiger partial charge in [-0.15, -0.1) is 0 Å². The molecule has 1 aromatic heterocycles. The lowest BCUT2D eigenvalue weighted by Crippen LogP contribution is -2.04. The van der Waals surface area contributed by atoms with Crippen molar-refractivity contribution in [1.29, 1.82) is 0 Å². The summed E-state index contributed by atoms with van der Waals surface area (Å²) in [4.78, 5) is 15.8. The van der Waals surface area contributed by atoms with Gasteiger partial charge in [0.15, 0.2) is 5.78 Å². The highest BCUT2D eigenvalue weighted by Crippen LogP contribution is 2.10. The number of allylic oxidation sites excluding steroid dienone is 1. The van der Waals surface area contributed by atoms with Crippen LogP contribution >= 0.6 is 0 Å². The lowest BCUT2D eigenvalue weighted by atomic mass is 10.0. The van der Waals surface area contributed by atoms with Crippen LogP contribution in [0.5, 0.6) is 0 Å². The van der Waals surface area contributed by atoms with Crippen LogP contribution in [0.4, 0.5) is 0 Å². The largest absolute Gasteiger partial charge is 0.325 e. The number of pyridine rings is 1. The van der Waals surface area contributed by atoms with Crippen molar-refractivity contribution in [2.45, 2.75) is 26.3 Å². The van der Waals surface area contributed by atoms with E-state index in [2.05, 4.69) is 11.6 Å². The van der Waals surface area contributed by atoms with Crippen LogP contribution in [0.1, 0.15) is 35.8 Å².